The minimum Gasteiger partial charge on any atom is -0.478 e. The van der Waals surface area contributed by atoms with Crippen LogP contribution < -0.4 is 5.32 Å². The van der Waals surface area contributed by atoms with Crippen LogP contribution >= 0.6 is 0 Å². The second kappa shape index (κ2) is 4.72. The lowest BCUT2D eigenvalue weighted by Gasteiger charge is -2.18. The fraction of sp³-hybridized carbons (Fsp3) is 0.200. The van der Waals surface area contributed by atoms with Crippen molar-refractivity contribution in [1.29, 1.82) is 0 Å². The van der Waals surface area contributed by atoms with Crippen molar-refractivity contribution >= 4 is 11.7 Å². The number of pyridine rings is 1. The number of nitrogens with zero attached hydrogens (tertiary/aromatic N) is 1. The van der Waals surface area contributed by atoms with Crippen LogP contribution in [0.25, 0.3) is 11.3 Å². The van der Waals surface area contributed by atoms with Crippen LogP contribution in [-0.4, -0.2) is 22.6 Å². The maximum atomic E-state index is 11.2. The van der Waals surface area contributed by atoms with Crippen LogP contribution in [0.1, 0.15) is 22.3 Å². The molecule has 1 aromatic carbocycles. The molecule has 2 N–H and O–H groups in total. The summed E-state index contributed by atoms with van der Waals surface area (Å²) in [6.07, 6.45) is 3.75. The zero-order valence-corrected chi connectivity index (χ0v) is 10.4. The first-order valence-electron chi connectivity index (χ1n) is 6.31. The molecule has 0 fully saturated rings. The van der Waals surface area contributed by atoms with E-state index >= 15 is 0 Å². The third-order valence-corrected chi connectivity index (χ3v) is 3.36. The molecule has 0 radical (unpaired) electrons. The molecule has 2 aromatic rings. The fourth-order valence-corrected chi connectivity index (χ4v) is 2.43. The van der Waals surface area contributed by atoms with Gasteiger partial charge in [-0.1, -0.05) is 6.07 Å². The van der Waals surface area contributed by atoms with Gasteiger partial charge in [0, 0.05) is 24.0 Å². The highest BCUT2D eigenvalue weighted by molar-refractivity contribution is 5.94. The summed E-state index contributed by atoms with van der Waals surface area (Å²) < 4.78 is 0. The average Bonchev–Trinajstić information content (AvgIpc) is 2.46. The van der Waals surface area contributed by atoms with E-state index in [9.17, 15) is 9.90 Å². The van der Waals surface area contributed by atoms with Crippen molar-refractivity contribution in [2.75, 3.05) is 11.9 Å². The summed E-state index contributed by atoms with van der Waals surface area (Å²) in [5.41, 5.74) is 4.00. The molecule has 4 heteroatoms. The van der Waals surface area contributed by atoms with E-state index in [1.54, 1.807) is 18.3 Å². The number of aromatic carboxylic acids is 1. The van der Waals surface area contributed by atoms with Crippen molar-refractivity contribution in [3.05, 3.63) is 47.7 Å². The summed E-state index contributed by atoms with van der Waals surface area (Å²) in [7, 11) is 0. The van der Waals surface area contributed by atoms with Crippen molar-refractivity contribution in [3.63, 3.8) is 0 Å². The van der Waals surface area contributed by atoms with Crippen molar-refractivity contribution in [3.8, 4) is 11.3 Å². The normalized spacial score (nSPS) is 13.5. The number of aromatic nitrogens is 1. The SMILES string of the molecule is O=C(O)c1cccnc1-c1ccc2c(c1)CCCN2. The smallest absolute Gasteiger partial charge is 0.337 e. The van der Waals surface area contributed by atoms with Crippen LogP contribution in [0.3, 0.4) is 0 Å². The van der Waals surface area contributed by atoms with Crippen LogP contribution in [0.2, 0.25) is 0 Å². The van der Waals surface area contributed by atoms with E-state index in [0.717, 1.165) is 30.6 Å². The lowest BCUT2D eigenvalue weighted by atomic mass is 9.98. The average molecular weight is 254 g/mol. The molecular weight excluding hydrogens is 240 g/mol. The van der Waals surface area contributed by atoms with E-state index in [2.05, 4.69) is 10.3 Å². The molecule has 0 unspecified atom stereocenters. The lowest BCUT2D eigenvalue weighted by molar-refractivity contribution is 0.0697. The number of nitrogens with one attached hydrogen (secondary N) is 1. The van der Waals surface area contributed by atoms with Crippen LogP contribution in [0.15, 0.2) is 36.5 Å². The van der Waals surface area contributed by atoms with Gasteiger partial charge < -0.3 is 10.4 Å². The van der Waals surface area contributed by atoms with Gasteiger partial charge in [-0.2, -0.15) is 0 Å². The Morgan fingerprint density at radius 3 is 3.05 bits per heavy atom. The van der Waals surface area contributed by atoms with E-state index in [4.69, 9.17) is 0 Å². The van der Waals surface area contributed by atoms with Gasteiger partial charge in [0.2, 0.25) is 0 Å². The van der Waals surface area contributed by atoms with Gasteiger partial charge in [0.15, 0.2) is 0 Å². The first kappa shape index (κ1) is 11.7. The molecule has 1 aliphatic heterocycles. The molecule has 1 aromatic heterocycles. The highest BCUT2D eigenvalue weighted by Crippen LogP contribution is 2.28. The van der Waals surface area contributed by atoms with Crippen LogP contribution in [0, 0.1) is 0 Å². The summed E-state index contributed by atoms with van der Waals surface area (Å²) >= 11 is 0. The zero-order chi connectivity index (χ0) is 13.2. The van der Waals surface area contributed by atoms with Crippen LogP contribution in [0.5, 0.6) is 0 Å². The van der Waals surface area contributed by atoms with Gasteiger partial charge in [0.25, 0.3) is 0 Å². The molecule has 0 aliphatic carbocycles. The molecule has 0 bridgehead atoms. The summed E-state index contributed by atoms with van der Waals surface area (Å²) in [5.74, 6) is -0.945. The number of hydrogen-bond donors (Lipinski definition) is 2. The molecule has 96 valence electrons. The molecule has 4 nitrogen and oxygen atoms in total. The maximum absolute atomic E-state index is 11.2. The minimum atomic E-state index is -0.945. The Morgan fingerprint density at radius 1 is 1.32 bits per heavy atom. The number of aryl methyl sites for hydroxylation is 1. The van der Waals surface area contributed by atoms with E-state index in [-0.39, 0.29) is 5.56 Å². The Balaban J connectivity index is 2.10. The molecule has 0 saturated heterocycles. The number of fused-ring (bicyclic) bond motifs is 1. The fourth-order valence-electron chi connectivity index (χ4n) is 2.43. The minimum absolute atomic E-state index is 0.242. The predicted molar refractivity (Wildman–Crippen MR) is 73.4 cm³/mol. The lowest BCUT2D eigenvalue weighted by Crippen LogP contribution is -2.11. The molecule has 19 heavy (non-hydrogen) atoms. The molecular formula is C15H14N2O2. The Morgan fingerprint density at radius 2 is 2.21 bits per heavy atom. The van der Waals surface area contributed by atoms with Gasteiger partial charge in [-0.25, -0.2) is 4.79 Å². The van der Waals surface area contributed by atoms with E-state index in [1.807, 2.05) is 18.2 Å². The monoisotopic (exact) mass is 254 g/mol. The maximum Gasteiger partial charge on any atom is 0.337 e. The standard InChI is InChI=1S/C15H14N2O2/c18-15(19)12-4-2-8-17-14(12)11-5-6-13-10(9-11)3-1-7-16-13/h2,4-6,8-9,16H,1,3,7H2,(H,18,19). The van der Waals surface area contributed by atoms with E-state index < -0.39 is 5.97 Å². The third kappa shape index (κ3) is 2.17. The van der Waals surface area contributed by atoms with E-state index in [0.29, 0.717) is 5.69 Å². The number of carboxylic acid groups (broad SMARTS) is 1. The van der Waals surface area contributed by atoms with Crippen molar-refractivity contribution < 1.29 is 9.90 Å². The van der Waals surface area contributed by atoms with Gasteiger partial charge in [0.05, 0.1) is 11.3 Å². The number of carbonyl (C=O) groups is 1. The molecule has 2 heterocycles. The van der Waals surface area contributed by atoms with Gasteiger partial charge in [-0.3, -0.25) is 4.98 Å². The quantitative estimate of drug-likeness (QED) is 0.865. The largest absolute Gasteiger partial charge is 0.478 e. The van der Waals surface area contributed by atoms with Crippen LogP contribution in [0.4, 0.5) is 5.69 Å². The van der Waals surface area contributed by atoms with Gasteiger partial charge in [-0.15, -0.1) is 0 Å². The number of rotatable bonds is 2. The molecule has 0 saturated carbocycles. The first-order valence-corrected chi connectivity index (χ1v) is 6.31. The van der Waals surface area contributed by atoms with Crippen molar-refractivity contribution in [2.24, 2.45) is 0 Å². The van der Waals surface area contributed by atoms with Gasteiger partial charge in [-0.05, 0) is 42.7 Å². The number of carboxylic acids is 1. The molecule has 0 spiro atoms. The molecule has 0 amide bonds. The molecule has 3 rings (SSSR count). The number of hydrogen-bond acceptors (Lipinski definition) is 3. The Kier molecular flexibility index (Phi) is 2.91. The topological polar surface area (TPSA) is 62.2 Å². The molecule has 0 atom stereocenters. The highest BCUT2D eigenvalue weighted by atomic mass is 16.4. The summed E-state index contributed by atoms with van der Waals surface area (Å²) in [6, 6.07) is 9.20. The number of benzene rings is 1. The Hall–Kier alpha value is -2.36. The second-order valence-electron chi connectivity index (χ2n) is 4.61. The van der Waals surface area contributed by atoms with Gasteiger partial charge >= 0.3 is 5.97 Å². The van der Waals surface area contributed by atoms with Crippen molar-refractivity contribution in [2.45, 2.75) is 12.8 Å². The summed E-state index contributed by atoms with van der Waals surface area (Å²) in [6.45, 7) is 0.996. The Bertz CT molecular complexity index is 638. The van der Waals surface area contributed by atoms with Crippen molar-refractivity contribution in [1.82, 2.24) is 4.98 Å². The van der Waals surface area contributed by atoms with E-state index in [1.165, 1.54) is 5.56 Å². The first-order chi connectivity index (χ1) is 9.25. The Labute approximate surface area is 111 Å². The zero-order valence-electron chi connectivity index (χ0n) is 10.4. The second-order valence-corrected chi connectivity index (χ2v) is 4.61. The summed E-state index contributed by atoms with van der Waals surface area (Å²) in [5, 5.41) is 12.6. The predicted octanol–water partition coefficient (Wildman–Crippen LogP) is 2.80. The molecule has 1 aliphatic rings. The van der Waals surface area contributed by atoms with Crippen LogP contribution in [-0.2, 0) is 6.42 Å². The highest BCUT2D eigenvalue weighted by Gasteiger charge is 2.15. The third-order valence-electron chi connectivity index (χ3n) is 3.36. The summed E-state index contributed by atoms with van der Waals surface area (Å²) in [4.78, 5) is 15.4. The number of anilines is 1. The van der Waals surface area contributed by atoms with Gasteiger partial charge in [0.1, 0.15) is 0 Å².